The Balaban J connectivity index is 2.09. The Bertz CT molecular complexity index is 748. The fourth-order valence-corrected chi connectivity index (χ4v) is 2.07. The Kier molecular flexibility index (Phi) is 2.59. The lowest BCUT2D eigenvalue weighted by molar-refractivity contribution is 0.475. The maximum absolute atomic E-state index is 9.48. The number of aromatic amines is 1. The normalized spacial score (nSPS) is 10.8. The van der Waals surface area contributed by atoms with Crippen LogP contribution in [-0.4, -0.2) is 20.1 Å². The molecule has 0 aliphatic rings. The molecule has 19 heavy (non-hydrogen) atoms. The largest absolute Gasteiger partial charge is 0.508 e. The van der Waals surface area contributed by atoms with E-state index in [1.54, 1.807) is 18.2 Å². The van der Waals surface area contributed by atoms with Gasteiger partial charge in [0.15, 0.2) is 0 Å². The summed E-state index contributed by atoms with van der Waals surface area (Å²) in [5.41, 5.74) is 2.64. The summed E-state index contributed by atoms with van der Waals surface area (Å²) >= 11 is 0. The van der Waals surface area contributed by atoms with E-state index in [1.807, 2.05) is 26.0 Å². The second kappa shape index (κ2) is 4.28. The molecule has 0 bridgehead atoms. The summed E-state index contributed by atoms with van der Waals surface area (Å²) in [6, 6.07) is 8.95. The SMILES string of the molecule is Cc1nc(Nc2cccc(O)c2)c2cc(C)[nH]c2n1. The van der Waals surface area contributed by atoms with Crippen LogP contribution in [0.15, 0.2) is 30.3 Å². The van der Waals surface area contributed by atoms with Crippen LogP contribution < -0.4 is 5.32 Å². The monoisotopic (exact) mass is 254 g/mol. The zero-order valence-corrected chi connectivity index (χ0v) is 10.7. The highest BCUT2D eigenvalue weighted by molar-refractivity contribution is 5.89. The molecule has 3 aromatic rings. The van der Waals surface area contributed by atoms with Gasteiger partial charge < -0.3 is 15.4 Å². The number of H-pyrrole nitrogens is 1. The predicted octanol–water partition coefficient (Wildman–Crippen LogP) is 3.02. The van der Waals surface area contributed by atoms with Crippen molar-refractivity contribution >= 4 is 22.5 Å². The highest BCUT2D eigenvalue weighted by Gasteiger charge is 2.08. The van der Waals surface area contributed by atoms with Gasteiger partial charge in [-0.15, -0.1) is 0 Å². The molecule has 0 amide bonds. The maximum Gasteiger partial charge on any atom is 0.143 e. The van der Waals surface area contributed by atoms with E-state index in [0.717, 1.165) is 28.2 Å². The molecule has 2 aromatic heterocycles. The number of anilines is 2. The Morgan fingerprint density at radius 1 is 1.16 bits per heavy atom. The van der Waals surface area contributed by atoms with E-state index >= 15 is 0 Å². The summed E-state index contributed by atoms with van der Waals surface area (Å²) in [5, 5.41) is 13.6. The number of nitrogens with one attached hydrogen (secondary N) is 2. The standard InChI is InChI=1S/C14H14N4O/c1-8-6-12-13(15-8)16-9(2)17-14(12)18-10-4-3-5-11(19)7-10/h3-7,19H,1-2H3,(H2,15,16,17,18). The number of hydrogen-bond donors (Lipinski definition) is 3. The molecule has 3 N–H and O–H groups in total. The number of benzene rings is 1. The summed E-state index contributed by atoms with van der Waals surface area (Å²) < 4.78 is 0. The van der Waals surface area contributed by atoms with Crippen LogP contribution in [0.5, 0.6) is 5.75 Å². The third-order valence-corrected chi connectivity index (χ3v) is 2.84. The molecule has 0 aliphatic heterocycles. The minimum atomic E-state index is 0.220. The Morgan fingerprint density at radius 3 is 2.79 bits per heavy atom. The van der Waals surface area contributed by atoms with Crippen molar-refractivity contribution in [3.8, 4) is 5.75 Å². The molecule has 0 spiro atoms. The number of nitrogens with zero attached hydrogens (tertiary/aromatic N) is 2. The van der Waals surface area contributed by atoms with Crippen molar-refractivity contribution in [2.75, 3.05) is 5.32 Å². The van der Waals surface area contributed by atoms with Gasteiger partial charge in [0.25, 0.3) is 0 Å². The molecule has 0 fully saturated rings. The Morgan fingerprint density at radius 2 is 2.00 bits per heavy atom. The van der Waals surface area contributed by atoms with Gasteiger partial charge in [0.2, 0.25) is 0 Å². The fourth-order valence-electron chi connectivity index (χ4n) is 2.07. The highest BCUT2D eigenvalue weighted by Crippen LogP contribution is 2.25. The molecule has 0 radical (unpaired) electrons. The van der Waals surface area contributed by atoms with E-state index in [9.17, 15) is 5.11 Å². The number of aryl methyl sites for hydroxylation is 2. The first-order chi connectivity index (χ1) is 9.11. The molecule has 0 saturated heterocycles. The molecule has 2 heterocycles. The van der Waals surface area contributed by atoms with E-state index < -0.39 is 0 Å². The second-order valence-corrected chi connectivity index (χ2v) is 4.51. The third kappa shape index (κ3) is 2.22. The van der Waals surface area contributed by atoms with Crippen molar-refractivity contribution in [2.24, 2.45) is 0 Å². The summed E-state index contributed by atoms with van der Waals surface area (Å²) in [7, 11) is 0. The lowest BCUT2D eigenvalue weighted by atomic mass is 10.3. The number of hydrogen-bond acceptors (Lipinski definition) is 4. The molecule has 5 heteroatoms. The molecule has 0 saturated carbocycles. The van der Waals surface area contributed by atoms with Crippen LogP contribution in [0.1, 0.15) is 11.5 Å². The summed E-state index contributed by atoms with van der Waals surface area (Å²) in [5.74, 6) is 1.65. The van der Waals surface area contributed by atoms with E-state index in [4.69, 9.17) is 0 Å². The van der Waals surface area contributed by atoms with Gasteiger partial charge in [0, 0.05) is 17.4 Å². The number of aromatic hydroxyl groups is 1. The molecule has 3 rings (SSSR count). The average molecular weight is 254 g/mol. The van der Waals surface area contributed by atoms with Crippen LogP contribution in [0, 0.1) is 13.8 Å². The quantitative estimate of drug-likeness (QED) is 0.657. The number of aromatic nitrogens is 3. The van der Waals surface area contributed by atoms with Crippen LogP contribution >= 0.6 is 0 Å². The predicted molar refractivity (Wildman–Crippen MR) is 74.8 cm³/mol. The van der Waals surface area contributed by atoms with Crippen LogP contribution in [0.3, 0.4) is 0 Å². The first-order valence-electron chi connectivity index (χ1n) is 6.02. The van der Waals surface area contributed by atoms with Crippen LogP contribution in [0.25, 0.3) is 11.0 Å². The number of rotatable bonds is 2. The maximum atomic E-state index is 9.48. The van der Waals surface area contributed by atoms with E-state index in [0.29, 0.717) is 5.82 Å². The topological polar surface area (TPSA) is 73.8 Å². The van der Waals surface area contributed by atoms with Gasteiger partial charge >= 0.3 is 0 Å². The molecule has 0 aliphatic carbocycles. The van der Waals surface area contributed by atoms with Crippen molar-refractivity contribution in [1.82, 2.24) is 15.0 Å². The van der Waals surface area contributed by atoms with Gasteiger partial charge in [0.1, 0.15) is 23.0 Å². The zero-order chi connectivity index (χ0) is 13.4. The van der Waals surface area contributed by atoms with Gasteiger partial charge in [-0.1, -0.05) is 6.07 Å². The summed E-state index contributed by atoms with van der Waals surface area (Å²) in [4.78, 5) is 12.0. The number of phenolic OH excluding ortho intramolecular Hbond substituents is 1. The summed E-state index contributed by atoms with van der Waals surface area (Å²) in [6.07, 6.45) is 0. The number of fused-ring (bicyclic) bond motifs is 1. The van der Waals surface area contributed by atoms with Crippen LogP contribution in [-0.2, 0) is 0 Å². The van der Waals surface area contributed by atoms with Crippen LogP contribution in [0.2, 0.25) is 0 Å². The molecule has 0 atom stereocenters. The van der Waals surface area contributed by atoms with Gasteiger partial charge in [-0.25, -0.2) is 9.97 Å². The first-order valence-corrected chi connectivity index (χ1v) is 6.02. The summed E-state index contributed by atoms with van der Waals surface area (Å²) in [6.45, 7) is 3.83. The molecule has 5 nitrogen and oxygen atoms in total. The van der Waals surface area contributed by atoms with Crippen molar-refractivity contribution < 1.29 is 5.11 Å². The van der Waals surface area contributed by atoms with Gasteiger partial charge in [-0.05, 0) is 32.0 Å². The van der Waals surface area contributed by atoms with Crippen molar-refractivity contribution in [3.05, 3.63) is 41.9 Å². The van der Waals surface area contributed by atoms with Crippen LogP contribution in [0.4, 0.5) is 11.5 Å². The van der Waals surface area contributed by atoms with E-state index in [2.05, 4.69) is 20.3 Å². The second-order valence-electron chi connectivity index (χ2n) is 4.51. The molecular weight excluding hydrogens is 240 g/mol. The molecular formula is C14H14N4O. The molecule has 96 valence electrons. The fraction of sp³-hybridized carbons (Fsp3) is 0.143. The Labute approximate surface area is 110 Å². The lowest BCUT2D eigenvalue weighted by Gasteiger charge is -2.07. The highest BCUT2D eigenvalue weighted by atomic mass is 16.3. The van der Waals surface area contributed by atoms with Gasteiger partial charge in [-0.3, -0.25) is 0 Å². The third-order valence-electron chi connectivity index (χ3n) is 2.84. The van der Waals surface area contributed by atoms with E-state index in [-0.39, 0.29) is 5.75 Å². The van der Waals surface area contributed by atoms with Crippen molar-refractivity contribution in [2.45, 2.75) is 13.8 Å². The minimum Gasteiger partial charge on any atom is -0.508 e. The Hall–Kier alpha value is -2.56. The lowest BCUT2D eigenvalue weighted by Crippen LogP contribution is -1.97. The van der Waals surface area contributed by atoms with Crippen molar-refractivity contribution in [1.29, 1.82) is 0 Å². The van der Waals surface area contributed by atoms with E-state index in [1.165, 1.54) is 0 Å². The van der Waals surface area contributed by atoms with Crippen molar-refractivity contribution in [3.63, 3.8) is 0 Å². The van der Waals surface area contributed by atoms with Gasteiger partial charge in [-0.2, -0.15) is 0 Å². The minimum absolute atomic E-state index is 0.220. The zero-order valence-electron chi connectivity index (χ0n) is 10.7. The van der Waals surface area contributed by atoms with Gasteiger partial charge in [0.05, 0.1) is 5.39 Å². The number of phenols is 1. The smallest absolute Gasteiger partial charge is 0.143 e. The molecule has 0 unspecified atom stereocenters. The molecule has 1 aromatic carbocycles. The first kappa shape index (κ1) is 11.5. The average Bonchev–Trinajstić information content (AvgIpc) is 2.69.